The summed E-state index contributed by atoms with van der Waals surface area (Å²) in [5.74, 6) is -1.43. The summed E-state index contributed by atoms with van der Waals surface area (Å²) in [6.45, 7) is -0.270. The summed E-state index contributed by atoms with van der Waals surface area (Å²) in [5.41, 5.74) is 0. The van der Waals surface area contributed by atoms with Crippen LogP contribution in [0, 0.1) is 0 Å². The fourth-order valence-electron chi connectivity index (χ4n) is 1.70. The summed E-state index contributed by atoms with van der Waals surface area (Å²) in [4.78, 5) is 32.3. The van der Waals surface area contributed by atoms with Crippen molar-refractivity contribution in [2.24, 2.45) is 0 Å². The van der Waals surface area contributed by atoms with Crippen molar-refractivity contribution in [3.63, 3.8) is 0 Å². The highest BCUT2D eigenvalue weighted by atomic mass is 16.4. The molecule has 0 aliphatic carbocycles. The number of hydrogen-bond donors (Lipinski definition) is 3. The van der Waals surface area contributed by atoms with Gasteiger partial charge in [-0.05, 0) is 12.8 Å². The van der Waals surface area contributed by atoms with E-state index in [2.05, 4.69) is 5.32 Å². The molecule has 0 aromatic heterocycles. The number of aliphatic carboxylic acids is 1. The zero-order valence-corrected chi connectivity index (χ0v) is 11.1. The lowest BCUT2D eigenvalue weighted by molar-refractivity contribution is -0.142. The predicted molar refractivity (Wildman–Crippen MR) is 69.7 cm³/mol. The van der Waals surface area contributed by atoms with E-state index < -0.39 is 12.0 Å². The van der Waals surface area contributed by atoms with Crippen molar-refractivity contribution in [3.05, 3.63) is 0 Å². The first-order valence-electron chi connectivity index (χ1n) is 6.68. The highest BCUT2D eigenvalue weighted by Crippen LogP contribution is 2.06. The molecule has 110 valence electrons. The molecule has 0 saturated heterocycles. The van der Waals surface area contributed by atoms with E-state index in [0.29, 0.717) is 19.3 Å². The van der Waals surface area contributed by atoms with E-state index in [1.165, 1.54) is 0 Å². The van der Waals surface area contributed by atoms with Crippen molar-refractivity contribution in [1.29, 1.82) is 0 Å². The van der Waals surface area contributed by atoms with Gasteiger partial charge in [-0.3, -0.25) is 4.79 Å². The molecule has 1 amide bonds. The third-order valence-corrected chi connectivity index (χ3v) is 2.78. The van der Waals surface area contributed by atoms with Gasteiger partial charge < -0.3 is 20.3 Å². The second-order valence-electron chi connectivity index (χ2n) is 4.44. The molecule has 0 spiro atoms. The van der Waals surface area contributed by atoms with E-state index in [-0.39, 0.29) is 18.9 Å². The van der Waals surface area contributed by atoms with Crippen LogP contribution in [0.5, 0.6) is 0 Å². The van der Waals surface area contributed by atoms with Crippen molar-refractivity contribution in [1.82, 2.24) is 5.32 Å². The third kappa shape index (κ3) is 10.2. The molecule has 0 aliphatic rings. The molecule has 0 fully saturated rings. The zero-order chi connectivity index (χ0) is 14.5. The van der Waals surface area contributed by atoms with Gasteiger partial charge in [0.25, 0.3) is 0 Å². The van der Waals surface area contributed by atoms with E-state index in [4.69, 9.17) is 10.2 Å². The molecule has 0 aromatic carbocycles. The highest BCUT2D eigenvalue weighted by Gasteiger charge is 2.18. The van der Waals surface area contributed by atoms with Crippen molar-refractivity contribution in [2.75, 3.05) is 6.61 Å². The number of carbonyl (C=O) groups is 3. The average Bonchev–Trinajstić information content (AvgIpc) is 2.37. The van der Waals surface area contributed by atoms with E-state index in [1.54, 1.807) is 0 Å². The SMILES string of the molecule is O=CCCCCCCCC(=O)N[C@@H](CCO)C(=O)O. The molecule has 0 rings (SSSR count). The summed E-state index contributed by atoms with van der Waals surface area (Å²) in [7, 11) is 0. The van der Waals surface area contributed by atoms with Gasteiger partial charge in [0.2, 0.25) is 5.91 Å². The van der Waals surface area contributed by atoms with Crippen LogP contribution >= 0.6 is 0 Å². The molecule has 0 bridgehead atoms. The summed E-state index contributed by atoms with van der Waals surface area (Å²) < 4.78 is 0. The van der Waals surface area contributed by atoms with Crippen LogP contribution in [-0.2, 0) is 14.4 Å². The van der Waals surface area contributed by atoms with Gasteiger partial charge in [0.1, 0.15) is 12.3 Å². The van der Waals surface area contributed by atoms with E-state index >= 15 is 0 Å². The second kappa shape index (κ2) is 11.6. The Balaban J connectivity index is 3.62. The van der Waals surface area contributed by atoms with Crippen LogP contribution in [0.25, 0.3) is 0 Å². The molecule has 3 N–H and O–H groups in total. The fourth-order valence-corrected chi connectivity index (χ4v) is 1.70. The van der Waals surface area contributed by atoms with E-state index in [0.717, 1.165) is 32.0 Å². The molecule has 0 unspecified atom stereocenters. The van der Waals surface area contributed by atoms with Crippen LogP contribution in [0.15, 0.2) is 0 Å². The normalized spacial score (nSPS) is 11.8. The zero-order valence-electron chi connectivity index (χ0n) is 11.1. The molecule has 0 aliphatic heterocycles. The Kier molecular flexibility index (Phi) is 10.8. The minimum Gasteiger partial charge on any atom is -0.480 e. The Labute approximate surface area is 113 Å². The summed E-state index contributed by atoms with van der Waals surface area (Å²) in [6, 6.07) is -1.01. The largest absolute Gasteiger partial charge is 0.480 e. The molecule has 0 radical (unpaired) electrons. The lowest BCUT2D eigenvalue weighted by Crippen LogP contribution is -2.41. The van der Waals surface area contributed by atoms with Gasteiger partial charge in [-0.15, -0.1) is 0 Å². The topological polar surface area (TPSA) is 104 Å². The lowest BCUT2D eigenvalue weighted by atomic mass is 10.1. The standard InChI is InChI=1S/C13H23NO5/c15-9-6-4-2-1-3-5-7-12(17)14-11(8-10-16)13(18)19/h9,11,16H,1-8,10H2,(H,14,17)(H,18,19)/t11-/m0/s1. The first-order valence-corrected chi connectivity index (χ1v) is 6.68. The average molecular weight is 273 g/mol. The van der Waals surface area contributed by atoms with Crippen molar-refractivity contribution in [3.8, 4) is 0 Å². The summed E-state index contributed by atoms with van der Waals surface area (Å²) >= 11 is 0. The number of aldehydes is 1. The van der Waals surface area contributed by atoms with Crippen LogP contribution in [0.2, 0.25) is 0 Å². The number of carboxylic acid groups (broad SMARTS) is 1. The number of carbonyl (C=O) groups excluding carboxylic acids is 2. The second-order valence-corrected chi connectivity index (χ2v) is 4.44. The molecule has 0 aromatic rings. The Morgan fingerprint density at radius 1 is 1.11 bits per heavy atom. The number of carboxylic acids is 1. The Hall–Kier alpha value is -1.43. The van der Waals surface area contributed by atoms with Crippen LogP contribution in [0.1, 0.15) is 51.4 Å². The van der Waals surface area contributed by atoms with E-state index in [9.17, 15) is 14.4 Å². The first-order chi connectivity index (χ1) is 9.11. The molecule has 0 heterocycles. The highest BCUT2D eigenvalue weighted by molar-refractivity contribution is 5.83. The first kappa shape index (κ1) is 17.6. The third-order valence-electron chi connectivity index (χ3n) is 2.78. The number of nitrogens with one attached hydrogen (secondary N) is 1. The Bertz CT molecular complexity index is 280. The fraction of sp³-hybridized carbons (Fsp3) is 0.769. The van der Waals surface area contributed by atoms with Crippen LogP contribution in [0.3, 0.4) is 0 Å². The monoisotopic (exact) mass is 273 g/mol. The maximum absolute atomic E-state index is 11.5. The van der Waals surface area contributed by atoms with Gasteiger partial charge >= 0.3 is 5.97 Å². The molecular weight excluding hydrogens is 250 g/mol. The van der Waals surface area contributed by atoms with Crippen LogP contribution < -0.4 is 5.32 Å². The van der Waals surface area contributed by atoms with Gasteiger partial charge in [-0.2, -0.15) is 0 Å². The number of unbranched alkanes of at least 4 members (excludes halogenated alkanes) is 5. The van der Waals surface area contributed by atoms with E-state index in [1.807, 2.05) is 0 Å². The Morgan fingerprint density at radius 3 is 2.32 bits per heavy atom. The minimum absolute atomic E-state index is 0.0206. The molecule has 19 heavy (non-hydrogen) atoms. The van der Waals surface area contributed by atoms with Crippen LogP contribution in [-0.4, -0.2) is 41.0 Å². The number of aliphatic hydroxyl groups excluding tert-OH is 1. The smallest absolute Gasteiger partial charge is 0.326 e. The molecule has 0 saturated carbocycles. The predicted octanol–water partition coefficient (Wildman–Crippen LogP) is 0.868. The van der Waals surface area contributed by atoms with Crippen molar-refractivity contribution in [2.45, 2.75) is 57.4 Å². The molecule has 1 atom stereocenters. The maximum atomic E-state index is 11.5. The van der Waals surface area contributed by atoms with Gasteiger partial charge in [-0.1, -0.05) is 19.3 Å². The van der Waals surface area contributed by atoms with Gasteiger partial charge in [0.05, 0.1) is 0 Å². The van der Waals surface area contributed by atoms with Gasteiger partial charge in [0.15, 0.2) is 0 Å². The van der Waals surface area contributed by atoms with Crippen molar-refractivity contribution >= 4 is 18.2 Å². The number of hydrogen-bond acceptors (Lipinski definition) is 4. The number of aliphatic hydroxyl groups is 1. The van der Waals surface area contributed by atoms with Gasteiger partial charge in [0, 0.05) is 25.9 Å². The minimum atomic E-state index is -1.13. The van der Waals surface area contributed by atoms with Crippen LogP contribution in [0.4, 0.5) is 0 Å². The molecule has 6 heteroatoms. The summed E-state index contributed by atoms with van der Waals surface area (Å²) in [5, 5.41) is 19.9. The molecule has 6 nitrogen and oxygen atoms in total. The van der Waals surface area contributed by atoms with Gasteiger partial charge in [-0.25, -0.2) is 4.79 Å². The number of amides is 1. The summed E-state index contributed by atoms with van der Waals surface area (Å²) in [6.07, 6.45) is 6.23. The van der Waals surface area contributed by atoms with Crippen molar-refractivity contribution < 1.29 is 24.6 Å². The Morgan fingerprint density at radius 2 is 1.74 bits per heavy atom. The lowest BCUT2D eigenvalue weighted by Gasteiger charge is -2.12. The quantitative estimate of drug-likeness (QED) is 0.361. The molecular formula is C13H23NO5. The maximum Gasteiger partial charge on any atom is 0.326 e. The number of rotatable bonds is 12.